The van der Waals surface area contributed by atoms with E-state index in [4.69, 9.17) is 5.73 Å². The first-order valence-corrected chi connectivity index (χ1v) is 6.13. The number of hydrogen-bond acceptors (Lipinski definition) is 2. The molecule has 1 atom stereocenters. The molecule has 15 heavy (non-hydrogen) atoms. The van der Waals surface area contributed by atoms with Gasteiger partial charge < -0.3 is 5.73 Å². The van der Waals surface area contributed by atoms with Crippen molar-refractivity contribution in [1.29, 1.82) is 0 Å². The molecular formula is C12H26N2O. The molecule has 0 aromatic rings. The summed E-state index contributed by atoms with van der Waals surface area (Å²) in [7, 11) is 0. The van der Waals surface area contributed by atoms with Crippen LogP contribution in [0.15, 0.2) is 0 Å². The van der Waals surface area contributed by atoms with E-state index >= 15 is 0 Å². The van der Waals surface area contributed by atoms with E-state index < -0.39 is 0 Å². The van der Waals surface area contributed by atoms with Crippen LogP contribution in [-0.2, 0) is 4.79 Å². The van der Waals surface area contributed by atoms with E-state index in [2.05, 4.69) is 25.7 Å². The summed E-state index contributed by atoms with van der Waals surface area (Å²) >= 11 is 0. The monoisotopic (exact) mass is 214 g/mol. The third-order valence-electron chi connectivity index (χ3n) is 3.21. The fourth-order valence-corrected chi connectivity index (χ4v) is 1.99. The molecule has 0 rings (SSSR count). The van der Waals surface area contributed by atoms with Gasteiger partial charge in [-0.15, -0.1) is 0 Å². The van der Waals surface area contributed by atoms with Crippen LogP contribution in [0.5, 0.6) is 0 Å². The molecule has 0 spiro atoms. The van der Waals surface area contributed by atoms with E-state index in [0.717, 1.165) is 19.5 Å². The van der Waals surface area contributed by atoms with Gasteiger partial charge in [-0.3, -0.25) is 9.69 Å². The van der Waals surface area contributed by atoms with Crippen LogP contribution in [-0.4, -0.2) is 29.9 Å². The van der Waals surface area contributed by atoms with Gasteiger partial charge in [0.15, 0.2) is 0 Å². The van der Waals surface area contributed by atoms with Crippen LogP contribution in [0, 0.1) is 5.92 Å². The second-order valence-electron chi connectivity index (χ2n) is 4.10. The number of primary amides is 1. The van der Waals surface area contributed by atoms with Gasteiger partial charge in [0.1, 0.15) is 0 Å². The highest BCUT2D eigenvalue weighted by molar-refractivity contribution is 5.79. The quantitative estimate of drug-likeness (QED) is 0.672. The molecule has 0 saturated carbocycles. The Bertz CT molecular complexity index is 178. The Morgan fingerprint density at radius 2 is 1.67 bits per heavy atom. The molecule has 0 radical (unpaired) electrons. The maximum atomic E-state index is 11.3. The second kappa shape index (κ2) is 7.69. The van der Waals surface area contributed by atoms with Gasteiger partial charge in [-0.25, -0.2) is 0 Å². The second-order valence-corrected chi connectivity index (χ2v) is 4.10. The molecule has 0 aromatic carbocycles. The van der Waals surface area contributed by atoms with Crippen LogP contribution >= 0.6 is 0 Å². The summed E-state index contributed by atoms with van der Waals surface area (Å²) < 4.78 is 0. The number of carbonyl (C=O) groups excluding carboxylic acids is 1. The van der Waals surface area contributed by atoms with Crippen molar-refractivity contribution in [2.45, 2.75) is 53.0 Å². The fourth-order valence-electron chi connectivity index (χ4n) is 1.99. The van der Waals surface area contributed by atoms with E-state index in [1.54, 1.807) is 0 Å². The van der Waals surface area contributed by atoms with Crippen molar-refractivity contribution < 1.29 is 4.79 Å². The van der Waals surface area contributed by atoms with Crippen molar-refractivity contribution in [3.05, 3.63) is 0 Å². The molecule has 3 heteroatoms. The third-order valence-corrected chi connectivity index (χ3v) is 3.21. The summed E-state index contributed by atoms with van der Waals surface area (Å²) in [5.41, 5.74) is 5.40. The van der Waals surface area contributed by atoms with Gasteiger partial charge in [-0.2, -0.15) is 0 Å². The number of nitrogens with two attached hydrogens (primary N) is 1. The first-order chi connectivity index (χ1) is 7.10. The maximum absolute atomic E-state index is 11.3. The Morgan fingerprint density at radius 1 is 1.13 bits per heavy atom. The van der Waals surface area contributed by atoms with Crippen molar-refractivity contribution in [2.75, 3.05) is 13.1 Å². The van der Waals surface area contributed by atoms with Crippen molar-refractivity contribution in [2.24, 2.45) is 11.7 Å². The SMILES string of the molecule is CCC(CC)CN(CC)C(CC)C(N)=O. The molecule has 0 aliphatic rings. The number of nitrogens with zero attached hydrogens (tertiary/aromatic N) is 1. The lowest BCUT2D eigenvalue weighted by Crippen LogP contribution is -2.46. The van der Waals surface area contributed by atoms with Crippen LogP contribution in [0.4, 0.5) is 0 Å². The molecule has 90 valence electrons. The van der Waals surface area contributed by atoms with Crippen molar-refractivity contribution in [1.82, 2.24) is 4.90 Å². The smallest absolute Gasteiger partial charge is 0.234 e. The Balaban J connectivity index is 4.38. The zero-order valence-corrected chi connectivity index (χ0v) is 10.6. The highest BCUT2D eigenvalue weighted by Crippen LogP contribution is 2.13. The van der Waals surface area contributed by atoms with E-state index in [1.165, 1.54) is 12.8 Å². The molecule has 0 bridgehead atoms. The van der Waals surface area contributed by atoms with Crippen LogP contribution in [0.1, 0.15) is 47.0 Å². The molecule has 1 unspecified atom stereocenters. The van der Waals surface area contributed by atoms with E-state index in [-0.39, 0.29) is 11.9 Å². The number of likely N-dealkylation sites (N-methyl/N-ethyl adjacent to an activating group) is 1. The van der Waals surface area contributed by atoms with Crippen molar-refractivity contribution in [3.63, 3.8) is 0 Å². The predicted molar refractivity (Wildman–Crippen MR) is 64.6 cm³/mol. The lowest BCUT2D eigenvalue weighted by atomic mass is 10.0. The number of amides is 1. The summed E-state index contributed by atoms with van der Waals surface area (Å²) in [4.78, 5) is 13.5. The topological polar surface area (TPSA) is 46.3 Å². The van der Waals surface area contributed by atoms with Gasteiger partial charge in [-0.05, 0) is 18.9 Å². The molecule has 1 amide bonds. The van der Waals surface area contributed by atoms with E-state index in [1.807, 2.05) is 6.92 Å². The average molecular weight is 214 g/mol. The van der Waals surface area contributed by atoms with Gasteiger partial charge in [0.05, 0.1) is 6.04 Å². The summed E-state index contributed by atoms with van der Waals surface area (Å²) in [6.45, 7) is 10.4. The minimum Gasteiger partial charge on any atom is -0.368 e. The van der Waals surface area contributed by atoms with Crippen molar-refractivity contribution >= 4 is 5.91 Å². The van der Waals surface area contributed by atoms with Gasteiger partial charge in [-0.1, -0.05) is 40.5 Å². The molecule has 0 aromatic heterocycles. The lowest BCUT2D eigenvalue weighted by molar-refractivity contribution is -0.123. The molecule has 0 saturated heterocycles. The van der Waals surface area contributed by atoms with Crippen LogP contribution in [0.2, 0.25) is 0 Å². The molecule has 0 aliphatic carbocycles. The standard InChI is InChI=1S/C12H26N2O/c1-5-10(6-2)9-14(8-4)11(7-3)12(13)15/h10-11H,5-9H2,1-4H3,(H2,13,15). The Hall–Kier alpha value is -0.570. The first kappa shape index (κ1) is 14.4. The summed E-state index contributed by atoms with van der Waals surface area (Å²) in [6, 6.07) is -0.0874. The minimum atomic E-state index is -0.190. The molecule has 0 heterocycles. The Labute approximate surface area is 94.0 Å². The Kier molecular flexibility index (Phi) is 7.39. The molecule has 2 N–H and O–H groups in total. The highest BCUT2D eigenvalue weighted by atomic mass is 16.1. The third kappa shape index (κ3) is 4.65. The Morgan fingerprint density at radius 3 is 1.93 bits per heavy atom. The number of rotatable bonds is 8. The largest absolute Gasteiger partial charge is 0.368 e. The van der Waals surface area contributed by atoms with Crippen LogP contribution in [0.3, 0.4) is 0 Å². The maximum Gasteiger partial charge on any atom is 0.234 e. The van der Waals surface area contributed by atoms with Gasteiger partial charge in [0.25, 0.3) is 0 Å². The molecular weight excluding hydrogens is 188 g/mol. The molecule has 0 aliphatic heterocycles. The zero-order valence-electron chi connectivity index (χ0n) is 10.6. The number of carbonyl (C=O) groups is 1. The fraction of sp³-hybridized carbons (Fsp3) is 0.917. The number of hydrogen-bond donors (Lipinski definition) is 1. The summed E-state index contributed by atoms with van der Waals surface area (Å²) in [5, 5.41) is 0. The van der Waals surface area contributed by atoms with Crippen LogP contribution < -0.4 is 5.73 Å². The van der Waals surface area contributed by atoms with Gasteiger partial charge >= 0.3 is 0 Å². The van der Waals surface area contributed by atoms with Crippen LogP contribution in [0.25, 0.3) is 0 Å². The predicted octanol–water partition coefficient (Wildman–Crippen LogP) is 2.01. The first-order valence-electron chi connectivity index (χ1n) is 6.13. The van der Waals surface area contributed by atoms with Gasteiger partial charge in [0.2, 0.25) is 5.91 Å². The van der Waals surface area contributed by atoms with E-state index in [9.17, 15) is 4.79 Å². The minimum absolute atomic E-state index is 0.0874. The van der Waals surface area contributed by atoms with Crippen molar-refractivity contribution in [3.8, 4) is 0 Å². The van der Waals surface area contributed by atoms with Gasteiger partial charge in [0, 0.05) is 6.54 Å². The van der Waals surface area contributed by atoms with E-state index in [0.29, 0.717) is 5.92 Å². The lowest BCUT2D eigenvalue weighted by Gasteiger charge is -2.30. The zero-order chi connectivity index (χ0) is 11.8. The average Bonchev–Trinajstić information content (AvgIpc) is 2.23. The normalized spacial score (nSPS) is 13.5. The highest BCUT2D eigenvalue weighted by Gasteiger charge is 2.22. The summed E-state index contributed by atoms with van der Waals surface area (Å²) in [5.74, 6) is 0.489. The molecule has 0 fully saturated rings. The summed E-state index contributed by atoms with van der Waals surface area (Å²) in [6.07, 6.45) is 3.15. The molecule has 3 nitrogen and oxygen atoms in total.